The first kappa shape index (κ1) is 29.1. The summed E-state index contributed by atoms with van der Waals surface area (Å²) in [5, 5.41) is 22.4. The number of nitrogens with one attached hydrogen (secondary N) is 2. The Morgan fingerprint density at radius 2 is 1.88 bits per heavy atom. The summed E-state index contributed by atoms with van der Waals surface area (Å²) in [4.78, 5) is 25.6. The number of esters is 1. The van der Waals surface area contributed by atoms with Gasteiger partial charge in [0.15, 0.2) is 6.79 Å². The molecular formula is C31H31N7O5. The number of carbonyl (C=O) groups excluding carboxylic acids is 1. The van der Waals surface area contributed by atoms with Gasteiger partial charge >= 0.3 is 5.97 Å². The molecular weight excluding hydrogens is 550 g/mol. The van der Waals surface area contributed by atoms with E-state index in [2.05, 4.69) is 30.7 Å². The predicted molar refractivity (Wildman–Crippen MR) is 159 cm³/mol. The molecule has 0 aliphatic rings. The van der Waals surface area contributed by atoms with E-state index in [-0.39, 0.29) is 31.5 Å². The second-order valence-electron chi connectivity index (χ2n) is 9.62. The first-order valence-corrected chi connectivity index (χ1v) is 13.8. The van der Waals surface area contributed by atoms with Gasteiger partial charge in [0.25, 0.3) is 5.69 Å². The zero-order valence-corrected chi connectivity index (χ0v) is 23.6. The van der Waals surface area contributed by atoms with Crippen LogP contribution in [0.15, 0.2) is 89.9 Å². The molecule has 0 aliphatic carbocycles. The third kappa shape index (κ3) is 8.11. The number of rotatable bonds is 14. The molecule has 0 fully saturated rings. The van der Waals surface area contributed by atoms with Crippen LogP contribution in [-0.2, 0) is 20.9 Å². The Balaban J connectivity index is 1.01. The van der Waals surface area contributed by atoms with Crippen molar-refractivity contribution in [3.8, 4) is 22.5 Å². The molecule has 0 spiro atoms. The van der Waals surface area contributed by atoms with Crippen LogP contribution in [0.1, 0.15) is 30.5 Å². The van der Waals surface area contributed by atoms with E-state index in [0.29, 0.717) is 35.1 Å². The summed E-state index contributed by atoms with van der Waals surface area (Å²) in [6.45, 7) is 2.42. The number of carbonyl (C=O) groups is 1. The molecule has 12 nitrogen and oxygen atoms in total. The van der Waals surface area contributed by atoms with Crippen LogP contribution in [0, 0.1) is 12.1 Å². The van der Waals surface area contributed by atoms with Crippen LogP contribution >= 0.6 is 0 Å². The van der Waals surface area contributed by atoms with Crippen molar-refractivity contribution in [1.29, 1.82) is 0 Å². The molecule has 12 heteroatoms. The lowest BCUT2D eigenvalue weighted by molar-refractivity contribution is -0.793. The monoisotopic (exact) mass is 581 g/mol. The number of aromatic nitrogens is 5. The Morgan fingerprint density at radius 1 is 1.02 bits per heavy atom. The van der Waals surface area contributed by atoms with E-state index >= 15 is 0 Å². The maximum atomic E-state index is 12.1. The zero-order chi connectivity index (χ0) is 29.9. The molecule has 0 radical (unpaired) electrons. The molecule has 5 rings (SSSR count). The molecule has 0 saturated heterocycles. The highest BCUT2D eigenvalue weighted by Gasteiger charge is 2.21. The summed E-state index contributed by atoms with van der Waals surface area (Å²) in [6.07, 6.45) is 6.88. The molecule has 0 atom stereocenters. The van der Waals surface area contributed by atoms with Gasteiger partial charge in [-0.2, -0.15) is 0 Å². The number of aryl methyl sites for hydroxylation is 1. The molecule has 3 aromatic heterocycles. The Labute approximate surface area is 248 Å². The number of hydrogen-bond donors (Lipinski definition) is 2. The number of ether oxygens (including phenoxy) is 2. The first-order valence-electron chi connectivity index (χ1n) is 13.8. The largest absolute Gasteiger partial charge is 0.438 e. The molecule has 0 amide bonds. The molecule has 3 heterocycles. The number of nitrogens with zero attached hydrogens (tertiary/aromatic N) is 5. The molecule has 43 heavy (non-hydrogen) atoms. The Hall–Kier alpha value is -5.36. The lowest BCUT2D eigenvalue weighted by Gasteiger charge is -2.12. The summed E-state index contributed by atoms with van der Waals surface area (Å²) >= 11 is 0. The van der Waals surface area contributed by atoms with Crippen molar-refractivity contribution in [1.82, 2.24) is 20.1 Å². The van der Waals surface area contributed by atoms with Crippen LogP contribution in [-0.4, -0.2) is 39.4 Å². The summed E-state index contributed by atoms with van der Waals surface area (Å²) in [5.41, 5.74) is 5.82. The van der Waals surface area contributed by atoms with Crippen LogP contribution in [0.2, 0.25) is 0 Å². The van der Waals surface area contributed by atoms with E-state index in [4.69, 9.17) is 14.1 Å². The lowest BCUT2D eigenvalue weighted by atomic mass is 10.1. The number of unbranched alkanes of at least 4 members (excludes halogenated alkanes) is 1. The van der Waals surface area contributed by atoms with Gasteiger partial charge in [0.2, 0.25) is 11.6 Å². The van der Waals surface area contributed by atoms with Gasteiger partial charge in [-0.05, 0) is 60.6 Å². The van der Waals surface area contributed by atoms with E-state index in [9.17, 15) is 10.0 Å². The number of benzene rings is 2. The van der Waals surface area contributed by atoms with Crippen LogP contribution in [0.3, 0.4) is 0 Å². The highest BCUT2D eigenvalue weighted by molar-refractivity contribution is 5.69. The lowest BCUT2D eigenvalue weighted by Crippen LogP contribution is -2.25. The fourth-order valence-electron chi connectivity index (χ4n) is 4.26. The highest BCUT2D eigenvalue weighted by Crippen LogP contribution is 2.24. The Kier molecular flexibility index (Phi) is 9.83. The third-order valence-corrected chi connectivity index (χ3v) is 6.50. The third-order valence-electron chi connectivity index (χ3n) is 6.50. The van der Waals surface area contributed by atoms with Crippen molar-refractivity contribution in [3.63, 3.8) is 0 Å². The fraction of sp³-hybridized carbons (Fsp3) is 0.226. The van der Waals surface area contributed by atoms with Crippen molar-refractivity contribution in [2.75, 3.05) is 24.0 Å². The van der Waals surface area contributed by atoms with Gasteiger partial charge in [-0.1, -0.05) is 36.4 Å². The minimum Gasteiger partial charge on any atom is -0.438 e. The quantitative estimate of drug-likeness (QED) is 0.0772. The minimum absolute atomic E-state index is 0.0321. The molecule has 5 aromatic rings. The van der Waals surface area contributed by atoms with Gasteiger partial charge in [0, 0.05) is 59.2 Å². The van der Waals surface area contributed by atoms with Gasteiger partial charge in [0.1, 0.15) is 6.61 Å². The second-order valence-corrected chi connectivity index (χ2v) is 9.62. The van der Waals surface area contributed by atoms with Crippen molar-refractivity contribution >= 4 is 23.3 Å². The normalized spacial score (nSPS) is 10.8. The number of anilines is 3. The molecule has 2 aromatic carbocycles. The van der Waals surface area contributed by atoms with Gasteiger partial charge in [-0.15, -0.1) is 0 Å². The predicted octanol–water partition coefficient (Wildman–Crippen LogP) is 5.18. The second kappa shape index (κ2) is 14.5. The Morgan fingerprint density at radius 3 is 2.72 bits per heavy atom. The van der Waals surface area contributed by atoms with E-state index in [1.54, 1.807) is 42.9 Å². The summed E-state index contributed by atoms with van der Waals surface area (Å²) in [7, 11) is 0. The number of pyridine rings is 1. The molecule has 0 unspecified atom stereocenters. The standard InChI is InChI=1S/C31H31N7O5/c1-22-12-13-25(18-27(22)36-31-34-17-14-26(35-31)24-10-7-15-32-19-24)33-16-6-5-11-29(39)42-21-41-20-28-30(38(40)43-37-28)23-8-3-2-4-9-23/h2-4,7-10,12-15,17-19,33H,5-6,11,16,20-21H2,1H3,(H,34,35,36). The topological polar surface area (TPSA) is 151 Å². The maximum Gasteiger partial charge on any atom is 0.307 e. The highest BCUT2D eigenvalue weighted by atomic mass is 16.8. The molecule has 220 valence electrons. The maximum absolute atomic E-state index is 12.1. The van der Waals surface area contributed by atoms with E-state index in [1.807, 2.05) is 49.4 Å². The van der Waals surface area contributed by atoms with Gasteiger partial charge in [-0.3, -0.25) is 14.4 Å². The molecule has 2 N–H and O–H groups in total. The van der Waals surface area contributed by atoms with Gasteiger partial charge in [0.05, 0.1) is 5.69 Å². The van der Waals surface area contributed by atoms with Crippen molar-refractivity contribution in [2.24, 2.45) is 0 Å². The summed E-state index contributed by atoms with van der Waals surface area (Å²) < 4.78 is 15.3. The first-order chi connectivity index (χ1) is 21.1. The van der Waals surface area contributed by atoms with E-state index in [0.717, 1.165) is 34.6 Å². The Bertz CT molecular complexity index is 1630. The van der Waals surface area contributed by atoms with Crippen molar-refractivity contribution < 1.29 is 23.8 Å². The van der Waals surface area contributed by atoms with Gasteiger partial charge < -0.3 is 25.3 Å². The fourth-order valence-corrected chi connectivity index (χ4v) is 4.26. The van der Waals surface area contributed by atoms with Crippen LogP contribution in [0.25, 0.3) is 22.5 Å². The van der Waals surface area contributed by atoms with Gasteiger partial charge in [-0.25, -0.2) is 9.97 Å². The average Bonchev–Trinajstić information content (AvgIpc) is 3.41. The molecule has 0 aliphatic heterocycles. The van der Waals surface area contributed by atoms with Crippen molar-refractivity contribution in [2.45, 2.75) is 32.8 Å². The van der Waals surface area contributed by atoms with E-state index in [1.165, 1.54) is 0 Å². The average molecular weight is 582 g/mol. The van der Waals surface area contributed by atoms with E-state index < -0.39 is 0 Å². The van der Waals surface area contributed by atoms with Crippen molar-refractivity contribution in [3.05, 3.63) is 102 Å². The van der Waals surface area contributed by atoms with Crippen LogP contribution in [0.5, 0.6) is 0 Å². The summed E-state index contributed by atoms with van der Waals surface area (Å²) in [6, 6.07) is 20.7. The molecule has 0 bridgehead atoms. The smallest absolute Gasteiger partial charge is 0.307 e. The van der Waals surface area contributed by atoms with Crippen LogP contribution in [0.4, 0.5) is 17.3 Å². The molecule has 0 saturated carbocycles. The summed E-state index contributed by atoms with van der Waals surface area (Å²) in [5.74, 6) is 0.133. The van der Waals surface area contributed by atoms with Crippen LogP contribution < -0.4 is 15.5 Å². The minimum atomic E-state index is -0.363. The SMILES string of the molecule is Cc1ccc(NCCCCC(=O)OCOCc2no[n+]([O-])c2-c2ccccc2)cc1Nc1nccc(-c2cccnc2)n1. The zero-order valence-electron chi connectivity index (χ0n) is 23.6. The number of hydrogen-bond acceptors (Lipinski definition) is 11.